The monoisotopic (exact) mass is 1160 g/mol. The number of guanidine groups is 1. The fourth-order valence-corrected chi connectivity index (χ4v) is 8.14. The Labute approximate surface area is 456 Å². The van der Waals surface area contributed by atoms with Crippen LogP contribution in [0.2, 0.25) is 0 Å². The van der Waals surface area contributed by atoms with Crippen molar-refractivity contribution in [3.63, 3.8) is 0 Å². The van der Waals surface area contributed by atoms with Crippen molar-refractivity contribution in [3.8, 4) is 23.0 Å². The molecule has 0 spiro atoms. The fourth-order valence-electron chi connectivity index (χ4n) is 6.11. The summed E-state index contributed by atoms with van der Waals surface area (Å²) in [6.07, 6.45) is 2.50. The van der Waals surface area contributed by atoms with Crippen LogP contribution in [-0.2, 0) is 62.8 Å². The lowest BCUT2D eigenvalue weighted by atomic mass is 10.1. The number of halogens is 4. The van der Waals surface area contributed by atoms with Gasteiger partial charge >= 0.3 is 5.97 Å². The predicted molar refractivity (Wildman–Crippen MR) is 284 cm³/mol. The molecule has 10 N–H and O–H groups in total. The van der Waals surface area contributed by atoms with Crippen LogP contribution in [0.25, 0.3) is 12.2 Å². The number of nitrogens with two attached hydrogens (primary N) is 4. The third-order valence-electron chi connectivity index (χ3n) is 9.77. The minimum atomic E-state index is -3.86. The second kappa shape index (κ2) is 36.0. The van der Waals surface area contributed by atoms with Gasteiger partial charge in [-0.25, -0.2) is 48.6 Å². The number of sulfonamides is 2. The largest absolute Gasteiger partial charge is 0.463 e. The highest BCUT2D eigenvalue weighted by atomic mass is 32.2. The molecule has 0 atom stereocenters. The van der Waals surface area contributed by atoms with Crippen LogP contribution in [0.1, 0.15) is 31.9 Å². The first-order chi connectivity index (χ1) is 37.7. The smallest absolute Gasteiger partial charge is 0.333 e. The fraction of sp³-hybridized carbons (Fsp3) is 0.392. The quantitative estimate of drug-likeness (QED) is 0.00936. The highest BCUT2D eigenvalue weighted by molar-refractivity contribution is 7.89. The van der Waals surface area contributed by atoms with E-state index in [0.717, 1.165) is 24.3 Å². The molecule has 1 amide bonds. The van der Waals surface area contributed by atoms with Crippen molar-refractivity contribution in [3.05, 3.63) is 118 Å². The van der Waals surface area contributed by atoms with Gasteiger partial charge in [0.1, 0.15) is 11.5 Å². The van der Waals surface area contributed by atoms with Crippen LogP contribution in [0.5, 0.6) is 23.0 Å². The third-order valence-corrected chi connectivity index (χ3v) is 12.7. The molecular formula is C51H67F4N7O15S2. The molecule has 22 nitrogen and oxygen atoms in total. The average Bonchev–Trinajstić information content (AvgIpc) is 3.40. The van der Waals surface area contributed by atoms with E-state index in [2.05, 4.69) is 14.4 Å². The van der Waals surface area contributed by atoms with Crippen molar-refractivity contribution in [2.75, 3.05) is 112 Å². The van der Waals surface area contributed by atoms with Crippen molar-refractivity contribution in [2.24, 2.45) is 27.9 Å². The Morgan fingerprint density at radius 2 is 0.861 bits per heavy atom. The normalized spacial score (nSPS) is 11.9. The van der Waals surface area contributed by atoms with Gasteiger partial charge in [-0.1, -0.05) is 0 Å². The Morgan fingerprint density at radius 3 is 1.19 bits per heavy atom. The Hall–Kier alpha value is -6.41. The highest BCUT2D eigenvalue weighted by Gasteiger charge is 2.19. The molecule has 0 aliphatic heterocycles. The Balaban J connectivity index is 0.000000415. The van der Waals surface area contributed by atoms with Gasteiger partial charge in [0.2, 0.25) is 20.0 Å². The molecule has 4 aromatic rings. The van der Waals surface area contributed by atoms with E-state index < -0.39 is 72.7 Å². The molecular weight excluding hydrogens is 1090 g/mol. The minimum absolute atomic E-state index is 0.00378. The summed E-state index contributed by atoms with van der Waals surface area (Å²) in [4.78, 5) is 26.7. The van der Waals surface area contributed by atoms with Crippen LogP contribution >= 0.6 is 0 Å². The second-order valence-electron chi connectivity index (χ2n) is 16.0. The predicted octanol–water partition coefficient (Wildman–Crippen LogP) is 4.26. The SMILES string of the molecule is C/C(=C\c1cc(F)c(Oc2ccc(S(=O)(=O)NCCOCCOCCOCCN)cc2)c(F)c1)C(=O)N=C(N)N.CCOC(=O)/C(C)=C/c1cc(F)c(Oc2ccc(S(=O)(=O)NCCOCCOCCOCCN)cc2)c(F)c1. The van der Waals surface area contributed by atoms with Crippen molar-refractivity contribution >= 4 is 50.0 Å². The summed E-state index contributed by atoms with van der Waals surface area (Å²) in [5.74, 6) is -7.24. The summed E-state index contributed by atoms with van der Waals surface area (Å²) in [7, 11) is -7.70. The van der Waals surface area contributed by atoms with Gasteiger partial charge in [-0.2, -0.15) is 4.99 Å². The standard InChI is InChI=1S/C26H34F2N2O8S.C25H33F2N5O7S/c1-3-37-26(31)19(2)16-20-17-23(27)25(24(28)18-20)38-21-4-6-22(7-5-21)39(32,33)30-9-11-35-13-15-36-14-12-34-10-8-29;1-17(24(33)32-25(29)30)14-18-15-21(26)23(22(27)16-18)39-19-2-4-20(5-3-19)40(34,35)31-7-9-37-11-13-38-12-10-36-8-6-28/h4-7,16-18,30H,3,8-15,29H2,1-2H3;2-5,14-16,31H,6-13,28H2,1H3,(H4,29,30,32,33)/b19-16+;17-14+. The van der Waals surface area contributed by atoms with E-state index in [1.165, 1.54) is 74.5 Å². The van der Waals surface area contributed by atoms with E-state index in [9.17, 15) is 44.0 Å². The van der Waals surface area contributed by atoms with E-state index in [1.54, 1.807) is 6.92 Å². The van der Waals surface area contributed by atoms with Crippen LogP contribution in [0.4, 0.5) is 17.6 Å². The van der Waals surface area contributed by atoms with E-state index in [-0.39, 0.29) is 83.1 Å². The van der Waals surface area contributed by atoms with Gasteiger partial charge < -0.3 is 65.6 Å². The van der Waals surface area contributed by atoms with Gasteiger partial charge in [0.25, 0.3) is 5.91 Å². The van der Waals surface area contributed by atoms with Crippen molar-refractivity contribution in [1.82, 2.24) is 9.44 Å². The molecule has 0 saturated carbocycles. The van der Waals surface area contributed by atoms with Crippen LogP contribution in [-0.4, -0.2) is 147 Å². The zero-order chi connectivity index (χ0) is 58.2. The Bertz CT molecular complexity index is 2820. The lowest BCUT2D eigenvalue weighted by molar-refractivity contribution is -0.138. The Morgan fingerprint density at radius 1 is 0.532 bits per heavy atom. The number of hydrogen-bond donors (Lipinski definition) is 6. The van der Waals surface area contributed by atoms with Gasteiger partial charge in [0.15, 0.2) is 40.7 Å². The van der Waals surface area contributed by atoms with Gasteiger partial charge in [0.05, 0.1) is 95.7 Å². The summed E-state index contributed by atoms with van der Waals surface area (Å²) >= 11 is 0. The molecule has 0 unspecified atom stereocenters. The summed E-state index contributed by atoms with van der Waals surface area (Å²) < 4.78 is 160. The van der Waals surface area contributed by atoms with E-state index in [4.69, 9.17) is 65.6 Å². The third kappa shape index (κ3) is 25.5. The second-order valence-corrected chi connectivity index (χ2v) is 19.6. The molecule has 0 bridgehead atoms. The number of hydrogen-bond acceptors (Lipinski definition) is 17. The molecule has 436 valence electrons. The number of nitrogens with zero attached hydrogens (tertiary/aromatic N) is 1. The topological polar surface area (TPSA) is 326 Å². The molecule has 4 rings (SSSR count). The molecule has 0 heterocycles. The van der Waals surface area contributed by atoms with Crippen molar-refractivity contribution in [2.45, 2.75) is 30.6 Å². The average molecular weight is 1160 g/mol. The number of amides is 1. The number of esters is 1. The summed E-state index contributed by atoms with van der Waals surface area (Å²) in [6, 6.07) is 13.9. The zero-order valence-corrected chi connectivity index (χ0v) is 45.4. The number of benzene rings is 4. The summed E-state index contributed by atoms with van der Waals surface area (Å²) in [5.41, 5.74) is 21.3. The van der Waals surface area contributed by atoms with Crippen LogP contribution in [0.3, 0.4) is 0 Å². The summed E-state index contributed by atoms with van der Waals surface area (Å²) in [6.45, 7) is 9.75. The number of carbonyl (C=O) groups is 2. The first kappa shape index (κ1) is 66.9. The Kier molecular flexibility index (Phi) is 30.4. The number of nitrogens with one attached hydrogen (secondary N) is 2. The van der Waals surface area contributed by atoms with Crippen molar-refractivity contribution in [1.29, 1.82) is 0 Å². The van der Waals surface area contributed by atoms with Crippen LogP contribution in [0, 0.1) is 23.3 Å². The lowest BCUT2D eigenvalue weighted by Crippen LogP contribution is -2.27. The summed E-state index contributed by atoms with van der Waals surface area (Å²) in [5, 5.41) is 0. The van der Waals surface area contributed by atoms with E-state index in [1.807, 2.05) is 0 Å². The molecule has 0 fully saturated rings. The van der Waals surface area contributed by atoms with Gasteiger partial charge in [0, 0.05) is 37.3 Å². The number of rotatable bonds is 35. The van der Waals surface area contributed by atoms with E-state index in [0.29, 0.717) is 72.6 Å². The molecule has 0 aromatic heterocycles. The van der Waals surface area contributed by atoms with Crippen LogP contribution < -0.4 is 41.9 Å². The van der Waals surface area contributed by atoms with Gasteiger partial charge in [-0.15, -0.1) is 0 Å². The van der Waals surface area contributed by atoms with Gasteiger partial charge in [-0.05, 0) is 117 Å². The highest BCUT2D eigenvalue weighted by Crippen LogP contribution is 2.32. The van der Waals surface area contributed by atoms with Crippen LogP contribution in [0.15, 0.2) is 98.7 Å². The number of carbonyl (C=O) groups excluding carboxylic acids is 2. The first-order valence-corrected chi connectivity index (χ1v) is 27.2. The molecule has 0 radical (unpaired) electrons. The molecule has 4 aromatic carbocycles. The maximum absolute atomic E-state index is 14.6. The maximum Gasteiger partial charge on any atom is 0.333 e. The molecule has 0 aliphatic carbocycles. The minimum Gasteiger partial charge on any atom is -0.463 e. The molecule has 0 aliphatic rings. The van der Waals surface area contributed by atoms with Crippen molar-refractivity contribution < 1.29 is 86.6 Å². The molecule has 79 heavy (non-hydrogen) atoms. The molecule has 0 saturated heterocycles. The zero-order valence-electron chi connectivity index (χ0n) is 43.8. The van der Waals surface area contributed by atoms with E-state index >= 15 is 0 Å². The maximum atomic E-state index is 14.6. The molecule has 28 heteroatoms. The van der Waals surface area contributed by atoms with Gasteiger partial charge in [-0.3, -0.25) is 4.79 Å². The number of ether oxygens (including phenoxy) is 9. The lowest BCUT2D eigenvalue weighted by Gasteiger charge is -2.11. The first-order valence-electron chi connectivity index (χ1n) is 24.3. The number of aliphatic imine (C=N–C) groups is 1.